The van der Waals surface area contributed by atoms with Gasteiger partial charge in [0.05, 0.1) is 12.2 Å². The molecule has 0 saturated carbocycles. The minimum Gasteiger partial charge on any atom is -0.365 e. The van der Waals surface area contributed by atoms with Crippen molar-refractivity contribution in [1.82, 2.24) is 0 Å². The summed E-state index contributed by atoms with van der Waals surface area (Å²) in [6.45, 7) is 7.75. The summed E-state index contributed by atoms with van der Waals surface area (Å²) in [7, 11) is 0. The number of halogens is 2. The molecule has 2 aromatic carbocycles. The highest BCUT2D eigenvalue weighted by molar-refractivity contribution is 9.10. The van der Waals surface area contributed by atoms with E-state index in [0.29, 0.717) is 0 Å². The normalized spacial score (nSPS) is 13.3. The molecule has 23 heavy (non-hydrogen) atoms. The van der Waals surface area contributed by atoms with Crippen molar-refractivity contribution in [3.63, 3.8) is 0 Å². The highest BCUT2D eigenvalue weighted by atomic mass is 79.9. The van der Waals surface area contributed by atoms with E-state index < -0.39 is 0 Å². The van der Waals surface area contributed by atoms with Crippen molar-refractivity contribution < 1.29 is 4.74 Å². The average Bonchev–Trinajstić information content (AvgIpc) is 2.55. The summed E-state index contributed by atoms with van der Waals surface area (Å²) in [5.41, 5.74) is 2.27. The monoisotopic (exact) mass is 434 g/mol. The number of benzene rings is 2. The maximum Gasteiger partial charge on any atom is 0.0878 e. The second-order valence-corrected chi connectivity index (χ2v) is 6.91. The second-order valence-electron chi connectivity index (χ2n) is 5.21. The number of ether oxygens (including phenoxy) is 1. The maximum absolute atomic E-state index is 6.46. The minimum atomic E-state index is -0.0554. The summed E-state index contributed by atoms with van der Waals surface area (Å²) < 4.78 is 8.57. The molecule has 2 aromatic rings. The molecular weight excluding hydrogens is 416 g/mol. The van der Waals surface area contributed by atoms with E-state index in [-0.39, 0.29) is 12.2 Å². The van der Waals surface area contributed by atoms with Crippen molar-refractivity contribution in [2.75, 3.05) is 0 Å². The third-order valence-corrected chi connectivity index (χ3v) is 5.04. The lowest BCUT2D eigenvalue weighted by atomic mass is 10.0. The lowest BCUT2D eigenvalue weighted by Crippen LogP contribution is -2.11. The maximum atomic E-state index is 6.46. The van der Waals surface area contributed by atoms with Crippen LogP contribution in [0.4, 0.5) is 0 Å². The van der Waals surface area contributed by atoms with Crippen LogP contribution >= 0.6 is 31.9 Å². The molecule has 2 unspecified atom stereocenters. The molecule has 0 heterocycles. The zero-order chi connectivity index (χ0) is 16.7. The van der Waals surface area contributed by atoms with Crippen molar-refractivity contribution >= 4 is 31.9 Å². The summed E-state index contributed by atoms with van der Waals surface area (Å²) in [5, 5.41) is 0. The van der Waals surface area contributed by atoms with Crippen LogP contribution in [0.3, 0.4) is 0 Å². The standard InChI is InChI=1S/C20H20Br2O/c1-3-9-19(15-11-5-7-13-17(15)21)23-20(10-4-2)16-12-6-8-14-18(16)22/h3-8,11-14,19-20H,1-2,9-10H2. The van der Waals surface area contributed by atoms with Gasteiger partial charge >= 0.3 is 0 Å². The van der Waals surface area contributed by atoms with Gasteiger partial charge in [-0.1, -0.05) is 80.4 Å². The molecule has 0 aromatic heterocycles. The second kappa shape index (κ2) is 9.21. The van der Waals surface area contributed by atoms with Crippen molar-refractivity contribution in [3.8, 4) is 0 Å². The first-order chi connectivity index (χ1) is 11.2. The molecule has 0 radical (unpaired) electrons. The zero-order valence-electron chi connectivity index (χ0n) is 12.9. The summed E-state index contributed by atoms with van der Waals surface area (Å²) in [6, 6.07) is 16.3. The van der Waals surface area contributed by atoms with Crippen LogP contribution in [0.1, 0.15) is 36.2 Å². The van der Waals surface area contributed by atoms with Crippen LogP contribution < -0.4 is 0 Å². The summed E-state index contributed by atoms with van der Waals surface area (Å²) in [5.74, 6) is 0. The summed E-state index contributed by atoms with van der Waals surface area (Å²) in [6.07, 6.45) is 5.19. The fraction of sp³-hybridized carbons (Fsp3) is 0.200. The fourth-order valence-electron chi connectivity index (χ4n) is 2.49. The smallest absolute Gasteiger partial charge is 0.0878 e. The van der Waals surface area contributed by atoms with E-state index in [1.54, 1.807) is 0 Å². The molecule has 120 valence electrons. The van der Waals surface area contributed by atoms with E-state index in [9.17, 15) is 0 Å². The Balaban J connectivity index is 2.32. The van der Waals surface area contributed by atoms with Gasteiger partial charge in [0.25, 0.3) is 0 Å². The number of hydrogen-bond acceptors (Lipinski definition) is 1. The SMILES string of the molecule is C=CCC(OC(CC=C)c1ccccc1Br)c1ccccc1Br. The van der Waals surface area contributed by atoms with Crippen LogP contribution in [0.5, 0.6) is 0 Å². The largest absolute Gasteiger partial charge is 0.365 e. The molecule has 3 heteroatoms. The van der Waals surface area contributed by atoms with Gasteiger partial charge in [-0.05, 0) is 36.1 Å². The van der Waals surface area contributed by atoms with Crippen molar-refractivity contribution in [1.29, 1.82) is 0 Å². The molecule has 0 saturated heterocycles. The van der Waals surface area contributed by atoms with Gasteiger partial charge in [0, 0.05) is 8.95 Å². The molecule has 0 aliphatic carbocycles. The van der Waals surface area contributed by atoms with Gasteiger partial charge in [0.2, 0.25) is 0 Å². The first-order valence-corrected chi connectivity index (χ1v) is 9.12. The Hall–Kier alpha value is -1.16. The van der Waals surface area contributed by atoms with E-state index in [1.165, 1.54) is 0 Å². The van der Waals surface area contributed by atoms with Crippen LogP contribution in [-0.4, -0.2) is 0 Å². The topological polar surface area (TPSA) is 9.23 Å². The molecule has 0 spiro atoms. The van der Waals surface area contributed by atoms with E-state index in [4.69, 9.17) is 4.74 Å². The van der Waals surface area contributed by atoms with E-state index >= 15 is 0 Å². The van der Waals surface area contributed by atoms with Crippen LogP contribution in [0, 0.1) is 0 Å². The highest BCUT2D eigenvalue weighted by Gasteiger charge is 2.21. The van der Waals surface area contributed by atoms with Crippen molar-refractivity contribution in [2.45, 2.75) is 25.0 Å². The Morgan fingerprint density at radius 2 is 1.17 bits per heavy atom. The van der Waals surface area contributed by atoms with Crippen LogP contribution in [0.25, 0.3) is 0 Å². The first kappa shape index (κ1) is 18.2. The molecule has 0 fully saturated rings. The summed E-state index contributed by atoms with van der Waals surface area (Å²) in [4.78, 5) is 0. The third-order valence-electron chi connectivity index (χ3n) is 3.59. The van der Waals surface area contributed by atoms with Gasteiger partial charge in [-0.15, -0.1) is 13.2 Å². The molecule has 0 aliphatic heterocycles. The molecule has 0 aliphatic rings. The Kier molecular flexibility index (Phi) is 7.28. The molecular formula is C20H20Br2O. The molecule has 1 nitrogen and oxygen atoms in total. The minimum absolute atomic E-state index is 0.0554. The van der Waals surface area contributed by atoms with Crippen LogP contribution in [0.2, 0.25) is 0 Å². The van der Waals surface area contributed by atoms with E-state index in [0.717, 1.165) is 32.9 Å². The van der Waals surface area contributed by atoms with Crippen molar-refractivity contribution in [2.24, 2.45) is 0 Å². The number of rotatable bonds is 8. The lowest BCUT2D eigenvalue weighted by Gasteiger charge is -2.26. The first-order valence-electron chi connectivity index (χ1n) is 7.53. The van der Waals surface area contributed by atoms with Gasteiger partial charge in [-0.25, -0.2) is 0 Å². The fourth-order valence-corrected chi connectivity index (χ4v) is 3.57. The molecule has 0 N–H and O–H groups in total. The number of hydrogen-bond donors (Lipinski definition) is 0. The lowest BCUT2D eigenvalue weighted by molar-refractivity contribution is -0.0127. The van der Waals surface area contributed by atoms with Gasteiger partial charge in [-0.3, -0.25) is 0 Å². The third kappa shape index (κ3) is 4.90. The van der Waals surface area contributed by atoms with Gasteiger partial charge in [0.1, 0.15) is 0 Å². The van der Waals surface area contributed by atoms with Crippen LogP contribution in [-0.2, 0) is 4.74 Å². The van der Waals surface area contributed by atoms with E-state index in [1.807, 2.05) is 48.6 Å². The van der Waals surface area contributed by atoms with Gasteiger partial charge in [0.15, 0.2) is 0 Å². The molecule has 2 rings (SSSR count). The van der Waals surface area contributed by atoms with Gasteiger partial charge < -0.3 is 4.74 Å². The van der Waals surface area contributed by atoms with Crippen LogP contribution in [0.15, 0.2) is 82.8 Å². The molecule has 2 atom stereocenters. The average molecular weight is 436 g/mol. The van der Waals surface area contributed by atoms with Gasteiger partial charge in [-0.2, -0.15) is 0 Å². The Bertz CT molecular complexity index is 609. The molecule has 0 bridgehead atoms. The molecule has 0 amide bonds. The Labute approximate surface area is 155 Å². The highest BCUT2D eigenvalue weighted by Crippen LogP contribution is 2.37. The predicted molar refractivity (Wildman–Crippen MR) is 104 cm³/mol. The quantitative estimate of drug-likeness (QED) is 0.399. The van der Waals surface area contributed by atoms with Crippen molar-refractivity contribution in [3.05, 3.63) is 93.9 Å². The van der Waals surface area contributed by atoms with E-state index in [2.05, 4.69) is 57.2 Å². The summed E-state index contributed by atoms with van der Waals surface area (Å²) >= 11 is 7.25. The predicted octanol–water partition coefficient (Wildman–Crippen LogP) is 7.16. The Morgan fingerprint density at radius 3 is 1.52 bits per heavy atom. The Morgan fingerprint density at radius 1 is 0.783 bits per heavy atom. The zero-order valence-corrected chi connectivity index (χ0v) is 16.1.